The van der Waals surface area contributed by atoms with Gasteiger partial charge in [-0.3, -0.25) is 19.6 Å². The highest BCUT2D eigenvalue weighted by molar-refractivity contribution is 6.75. The zero-order valence-corrected chi connectivity index (χ0v) is 30.7. The molecule has 11 nitrogen and oxygen atoms in total. The molecular weight excluding hydrogens is 579 g/mol. The number of hydrogen-bond donors (Lipinski definition) is 2. The Kier molecular flexibility index (Phi) is 10.1. The first-order valence-corrected chi connectivity index (χ1v) is 23.0. The third-order valence-electron chi connectivity index (χ3n) is 9.51. The van der Waals surface area contributed by atoms with Crippen LogP contribution in [-0.2, 0) is 18.0 Å². The lowest BCUT2D eigenvalue weighted by Crippen LogP contribution is -2.55. The van der Waals surface area contributed by atoms with Crippen molar-refractivity contribution in [3.05, 3.63) is 41.7 Å². The molecule has 2 rings (SSSR count). The highest BCUT2D eigenvalue weighted by Crippen LogP contribution is 2.46. The van der Waals surface area contributed by atoms with Crippen LogP contribution < -0.4 is 22.5 Å². The van der Waals surface area contributed by atoms with Crippen molar-refractivity contribution in [3.8, 4) is 0 Å². The average molecular weight is 632 g/mol. The third-order valence-corrected chi connectivity index (χ3v) is 23.0. The second-order valence-corrected chi connectivity index (χ2v) is 30.0. The first kappa shape index (κ1) is 35.8. The molecule has 0 radical (unpaired) electrons. The number of ether oxygens (including phenoxy) is 1. The first-order valence-electron chi connectivity index (χ1n) is 14.3. The van der Waals surface area contributed by atoms with E-state index in [1.54, 1.807) is 0 Å². The lowest BCUT2D eigenvalue weighted by atomic mass is 10.1. The van der Waals surface area contributed by atoms with Crippen LogP contribution in [0.15, 0.2) is 19.2 Å². The van der Waals surface area contributed by atoms with E-state index in [1.165, 1.54) is 0 Å². The van der Waals surface area contributed by atoms with E-state index in [2.05, 4.69) is 102 Å². The molecule has 0 aromatic carbocycles. The van der Waals surface area contributed by atoms with Gasteiger partial charge in [0.15, 0.2) is 31.2 Å². The van der Waals surface area contributed by atoms with Gasteiger partial charge in [0.25, 0.3) is 0 Å². The number of nitrogens with one attached hydrogen (secondary N) is 2. The number of hydrogen-bond acceptors (Lipinski definition) is 8. The highest BCUT2D eigenvalue weighted by Gasteiger charge is 2.55. The van der Waals surface area contributed by atoms with Gasteiger partial charge in [0.1, 0.15) is 18.3 Å². The summed E-state index contributed by atoms with van der Waals surface area (Å²) >= 11 is 0. The predicted molar refractivity (Wildman–Crippen MR) is 169 cm³/mol. The molecule has 0 spiro atoms. The smallest absolute Gasteiger partial charge is 0.334 e. The fraction of sp³-hybridized carbons (Fsp3) is 0.852. The van der Waals surface area contributed by atoms with Crippen molar-refractivity contribution in [2.75, 3.05) is 6.61 Å². The van der Waals surface area contributed by atoms with Crippen molar-refractivity contribution < 1.29 is 18.0 Å². The molecule has 1 aliphatic rings. The topological polar surface area (TPSA) is 142 Å². The van der Waals surface area contributed by atoms with Crippen molar-refractivity contribution in [1.29, 1.82) is 0 Å². The molecule has 0 bridgehead atoms. The molecule has 236 valence electrons. The Hall–Kier alpha value is -1.43. The minimum absolute atomic E-state index is 0.0664. The monoisotopic (exact) mass is 631 g/mol. The number of nitrogens with zero attached hydrogens (tertiary/aromatic N) is 1. The zero-order valence-electron chi connectivity index (χ0n) is 27.7. The Bertz CT molecular complexity index is 1280. The Balaban J connectivity index is 2.82. The standard InChI is InChI=1S/C27H53N3O8Si3/c1-25(2,3)39(10,11)35-16-17-18(37-40(12,13)26(4,5)6)19(38-41(14,15)27(7,8)9)22(36-17)30-23(33)28-20(31)21(32)29-24(30)34/h17-19,22H,16H2,1-15H3,(H,28,31,33)(H,29,32,34). The van der Waals surface area contributed by atoms with Gasteiger partial charge in [-0.25, -0.2) is 14.2 Å². The van der Waals surface area contributed by atoms with Crippen LogP contribution in [0, 0.1) is 0 Å². The second kappa shape index (κ2) is 11.6. The van der Waals surface area contributed by atoms with Gasteiger partial charge in [0.05, 0.1) is 6.61 Å². The summed E-state index contributed by atoms with van der Waals surface area (Å²) in [6.45, 7) is 31.9. The Morgan fingerprint density at radius 1 is 0.659 bits per heavy atom. The summed E-state index contributed by atoms with van der Waals surface area (Å²) in [5, 5.41) is -0.444. The summed E-state index contributed by atoms with van der Waals surface area (Å²) in [4.78, 5) is 54.5. The van der Waals surface area contributed by atoms with Gasteiger partial charge >= 0.3 is 22.5 Å². The minimum atomic E-state index is -2.54. The number of rotatable bonds is 8. The zero-order chi connectivity index (χ0) is 32.1. The van der Waals surface area contributed by atoms with Crippen LogP contribution >= 0.6 is 0 Å². The average Bonchev–Trinajstić information content (AvgIpc) is 3.00. The van der Waals surface area contributed by atoms with Crippen LogP contribution in [0.5, 0.6) is 0 Å². The van der Waals surface area contributed by atoms with Crippen molar-refractivity contribution in [3.63, 3.8) is 0 Å². The highest BCUT2D eigenvalue weighted by atomic mass is 28.4. The molecule has 2 heterocycles. The van der Waals surface area contributed by atoms with E-state index in [4.69, 9.17) is 18.0 Å². The predicted octanol–water partition coefficient (Wildman–Crippen LogP) is 4.29. The third kappa shape index (κ3) is 7.75. The van der Waals surface area contributed by atoms with Crippen LogP contribution in [-0.4, -0.2) is 64.4 Å². The summed E-state index contributed by atoms with van der Waals surface area (Å²) in [6.07, 6.45) is -3.54. The SMILES string of the molecule is CC(C)(C)[Si](C)(C)OCC1OC(n2c(=O)[nH]c(=O)c(=O)[nH]c2=O)C(O[Si](C)(C)C(C)(C)C)C1O[Si](C)(C)C(C)(C)C. The number of H-pyrrole nitrogens is 2. The second-order valence-electron chi connectivity index (χ2n) is 15.7. The summed E-state index contributed by atoms with van der Waals surface area (Å²) < 4.78 is 27.7. The molecule has 1 aromatic heterocycles. The molecule has 0 saturated carbocycles. The van der Waals surface area contributed by atoms with Crippen molar-refractivity contribution in [2.45, 2.75) is 141 Å². The Labute approximate surface area is 246 Å². The van der Waals surface area contributed by atoms with E-state index in [0.717, 1.165) is 4.57 Å². The maximum absolute atomic E-state index is 13.2. The normalized spacial score (nSPS) is 23.2. The molecule has 1 aliphatic heterocycles. The summed E-state index contributed by atoms with van der Waals surface area (Å²) in [5.74, 6) is 0. The Morgan fingerprint density at radius 2 is 1.02 bits per heavy atom. The van der Waals surface area contributed by atoms with E-state index in [0.29, 0.717) is 0 Å². The molecule has 1 fully saturated rings. The van der Waals surface area contributed by atoms with Crippen molar-refractivity contribution in [2.24, 2.45) is 0 Å². The molecule has 0 aliphatic carbocycles. The molecule has 41 heavy (non-hydrogen) atoms. The van der Waals surface area contributed by atoms with Gasteiger partial charge in [-0.1, -0.05) is 62.3 Å². The molecule has 14 heteroatoms. The first-order chi connectivity index (χ1) is 18.1. The van der Waals surface area contributed by atoms with Crippen molar-refractivity contribution in [1.82, 2.24) is 14.5 Å². The van der Waals surface area contributed by atoms with E-state index in [1.807, 2.05) is 9.97 Å². The lowest BCUT2D eigenvalue weighted by Gasteiger charge is -2.44. The minimum Gasteiger partial charge on any atom is -0.414 e. The molecule has 0 amide bonds. The van der Waals surface area contributed by atoms with Gasteiger partial charge < -0.3 is 18.0 Å². The lowest BCUT2D eigenvalue weighted by molar-refractivity contribution is -0.0527. The summed E-state index contributed by atoms with van der Waals surface area (Å²) in [7, 11) is -7.22. The van der Waals surface area contributed by atoms with Gasteiger partial charge in [-0.05, 0) is 54.4 Å². The summed E-state index contributed by atoms with van der Waals surface area (Å²) in [6, 6.07) is 0. The largest absolute Gasteiger partial charge is 0.414 e. The van der Waals surface area contributed by atoms with Gasteiger partial charge in [0.2, 0.25) is 0 Å². The molecule has 4 atom stereocenters. The molecule has 2 N–H and O–H groups in total. The molecule has 4 unspecified atom stereocenters. The maximum atomic E-state index is 13.2. The Morgan fingerprint density at radius 3 is 1.39 bits per heavy atom. The number of aromatic amines is 2. The van der Waals surface area contributed by atoms with Gasteiger partial charge in [-0.15, -0.1) is 0 Å². The molecule has 1 saturated heterocycles. The van der Waals surface area contributed by atoms with Gasteiger partial charge in [-0.2, -0.15) is 0 Å². The van der Waals surface area contributed by atoms with Crippen molar-refractivity contribution >= 4 is 25.0 Å². The fourth-order valence-electron chi connectivity index (χ4n) is 3.61. The molecular formula is C27H53N3O8Si3. The maximum Gasteiger partial charge on any atom is 0.334 e. The number of aromatic nitrogens is 3. The molecule has 1 aromatic rings. The quantitative estimate of drug-likeness (QED) is 0.320. The van der Waals surface area contributed by atoms with Crippen LogP contribution in [0.25, 0.3) is 0 Å². The van der Waals surface area contributed by atoms with E-state index in [-0.39, 0.29) is 21.7 Å². The van der Waals surface area contributed by atoms with E-state index < -0.39 is 72.0 Å². The van der Waals surface area contributed by atoms with Gasteiger partial charge in [0, 0.05) is 0 Å². The van der Waals surface area contributed by atoms with Crippen LogP contribution in [0.3, 0.4) is 0 Å². The van der Waals surface area contributed by atoms with Crippen LogP contribution in [0.4, 0.5) is 0 Å². The van der Waals surface area contributed by atoms with Crippen LogP contribution in [0.1, 0.15) is 68.5 Å². The van der Waals surface area contributed by atoms with E-state index in [9.17, 15) is 19.2 Å². The fourth-order valence-corrected chi connectivity index (χ4v) is 7.23. The summed E-state index contributed by atoms with van der Waals surface area (Å²) in [5.41, 5.74) is -4.58. The van der Waals surface area contributed by atoms with E-state index >= 15 is 0 Å². The van der Waals surface area contributed by atoms with Crippen LogP contribution in [0.2, 0.25) is 54.4 Å².